The maximum absolute atomic E-state index is 12.7. The molecular formula is C18H25N5O3. The maximum Gasteiger partial charge on any atom is 0.222 e. The van der Waals surface area contributed by atoms with Gasteiger partial charge in [0.25, 0.3) is 0 Å². The van der Waals surface area contributed by atoms with Crippen LogP contribution in [0.3, 0.4) is 0 Å². The first-order valence-corrected chi connectivity index (χ1v) is 9.24. The molecular weight excluding hydrogens is 334 g/mol. The first-order valence-electron chi connectivity index (χ1n) is 9.24. The number of carbonyl (C=O) groups excluding carboxylic acids is 1. The number of aromatic nitrogens is 4. The van der Waals surface area contributed by atoms with Crippen molar-refractivity contribution in [1.82, 2.24) is 24.8 Å². The molecule has 140 valence electrons. The number of likely N-dealkylation sites (tertiary alicyclic amines) is 1. The van der Waals surface area contributed by atoms with Crippen molar-refractivity contribution < 1.29 is 14.4 Å². The van der Waals surface area contributed by atoms with Crippen LogP contribution < -0.4 is 0 Å². The Hall–Kier alpha value is -2.22. The number of fused-ring (bicyclic) bond motifs is 1. The lowest BCUT2D eigenvalue weighted by Gasteiger charge is -2.34. The van der Waals surface area contributed by atoms with Gasteiger partial charge < -0.3 is 14.5 Å². The SMILES string of the molecule is Cc1noc(C)c1CCC(=O)N1C[C@H]2C[C@@H](n3cncn3)[C@H](O)C[C@H]2C1. The molecule has 0 bridgehead atoms. The number of carbonyl (C=O) groups is 1. The van der Waals surface area contributed by atoms with Gasteiger partial charge in [-0.3, -0.25) is 4.79 Å². The van der Waals surface area contributed by atoms with Crippen LogP contribution in [-0.2, 0) is 11.2 Å². The van der Waals surface area contributed by atoms with Gasteiger partial charge in [-0.25, -0.2) is 9.67 Å². The summed E-state index contributed by atoms with van der Waals surface area (Å²) >= 11 is 0. The number of rotatable bonds is 4. The summed E-state index contributed by atoms with van der Waals surface area (Å²) in [5.74, 6) is 1.75. The summed E-state index contributed by atoms with van der Waals surface area (Å²) in [6.45, 7) is 5.30. The van der Waals surface area contributed by atoms with Gasteiger partial charge in [0.15, 0.2) is 0 Å². The van der Waals surface area contributed by atoms with E-state index < -0.39 is 6.10 Å². The first-order chi connectivity index (χ1) is 12.5. The highest BCUT2D eigenvalue weighted by atomic mass is 16.5. The zero-order chi connectivity index (χ0) is 18.3. The molecule has 1 saturated carbocycles. The summed E-state index contributed by atoms with van der Waals surface area (Å²) < 4.78 is 6.93. The molecule has 1 N–H and O–H groups in total. The van der Waals surface area contributed by atoms with Crippen LogP contribution in [0.1, 0.15) is 42.3 Å². The summed E-state index contributed by atoms with van der Waals surface area (Å²) in [4.78, 5) is 18.6. The van der Waals surface area contributed by atoms with Crippen LogP contribution in [-0.4, -0.2) is 55.0 Å². The van der Waals surface area contributed by atoms with Crippen LogP contribution in [0.5, 0.6) is 0 Å². The van der Waals surface area contributed by atoms with Crippen molar-refractivity contribution in [2.45, 2.75) is 51.7 Å². The van der Waals surface area contributed by atoms with E-state index in [9.17, 15) is 9.90 Å². The molecule has 2 aromatic rings. The van der Waals surface area contributed by atoms with Crippen molar-refractivity contribution in [3.63, 3.8) is 0 Å². The zero-order valence-corrected chi connectivity index (χ0v) is 15.2. The molecule has 1 aliphatic heterocycles. The normalized spacial score (nSPS) is 28.3. The van der Waals surface area contributed by atoms with Crippen molar-refractivity contribution in [3.05, 3.63) is 29.7 Å². The fourth-order valence-corrected chi connectivity index (χ4v) is 4.53. The molecule has 1 aliphatic carbocycles. The Kier molecular flexibility index (Phi) is 4.52. The van der Waals surface area contributed by atoms with Gasteiger partial charge in [0.05, 0.1) is 17.8 Å². The van der Waals surface area contributed by atoms with Crippen molar-refractivity contribution in [2.75, 3.05) is 13.1 Å². The molecule has 0 spiro atoms. The van der Waals surface area contributed by atoms with E-state index >= 15 is 0 Å². The lowest BCUT2D eigenvalue weighted by molar-refractivity contribution is -0.130. The fraction of sp³-hybridized carbons (Fsp3) is 0.667. The Morgan fingerprint density at radius 2 is 2.08 bits per heavy atom. The van der Waals surface area contributed by atoms with E-state index in [2.05, 4.69) is 15.2 Å². The molecule has 4 rings (SSSR count). The van der Waals surface area contributed by atoms with E-state index in [0.29, 0.717) is 31.1 Å². The van der Waals surface area contributed by atoms with Crippen LogP contribution in [0.15, 0.2) is 17.2 Å². The highest BCUT2D eigenvalue weighted by molar-refractivity contribution is 5.76. The molecule has 3 heterocycles. The third kappa shape index (κ3) is 3.13. The lowest BCUT2D eigenvalue weighted by Crippen LogP contribution is -2.36. The molecule has 2 aliphatic rings. The van der Waals surface area contributed by atoms with Crippen molar-refractivity contribution in [1.29, 1.82) is 0 Å². The molecule has 0 unspecified atom stereocenters. The molecule has 26 heavy (non-hydrogen) atoms. The molecule has 8 nitrogen and oxygen atoms in total. The van der Waals surface area contributed by atoms with Crippen molar-refractivity contribution in [3.8, 4) is 0 Å². The summed E-state index contributed by atoms with van der Waals surface area (Å²) in [7, 11) is 0. The second-order valence-electron chi connectivity index (χ2n) is 7.60. The van der Waals surface area contributed by atoms with Crippen molar-refractivity contribution in [2.24, 2.45) is 11.8 Å². The largest absolute Gasteiger partial charge is 0.391 e. The topological polar surface area (TPSA) is 97.3 Å². The Balaban J connectivity index is 1.36. The third-order valence-electron chi connectivity index (χ3n) is 6.01. The molecule has 8 heteroatoms. The highest BCUT2D eigenvalue weighted by Crippen LogP contribution is 2.41. The van der Waals surface area contributed by atoms with Gasteiger partial charge in [0.1, 0.15) is 18.4 Å². The molecule has 1 amide bonds. The van der Waals surface area contributed by atoms with E-state index in [-0.39, 0.29) is 11.9 Å². The molecule has 0 aromatic carbocycles. The minimum Gasteiger partial charge on any atom is -0.391 e. The Morgan fingerprint density at radius 3 is 2.73 bits per heavy atom. The van der Waals surface area contributed by atoms with Gasteiger partial charge in [0.2, 0.25) is 5.91 Å². The summed E-state index contributed by atoms with van der Waals surface area (Å²) in [5, 5.41) is 18.6. The number of hydrogen-bond donors (Lipinski definition) is 1. The zero-order valence-electron chi connectivity index (χ0n) is 15.2. The van der Waals surface area contributed by atoms with E-state index in [4.69, 9.17) is 4.52 Å². The molecule has 2 aromatic heterocycles. The Bertz CT molecular complexity index is 752. The van der Waals surface area contributed by atoms with Gasteiger partial charge in [-0.05, 0) is 44.9 Å². The minimum atomic E-state index is -0.435. The average molecular weight is 359 g/mol. The van der Waals surface area contributed by atoms with Gasteiger partial charge >= 0.3 is 0 Å². The smallest absolute Gasteiger partial charge is 0.222 e. The van der Waals surface area contributed by atoms with Crippen LogP contribution in [0.25, 0.3) is 0 Å². The van der Waals surface area contributed by atoms with Gasteiger partial charge in [0, 0.05) is 25.1 Å². The van der Waals surface area contributed by atoms with Gasteiger partial charge in [-0.1, -0.05) is 5.16 Å². The molecule has 4 atom stereocenters. The average Bonchev–Trinajstić information content (AvgIpc) is 3.33. The second kappa shape index (κ2) is 6.83. The number of aliphatic hydroxyl groups is 1. The van der Waals surface area contributed by atoms with E-state index in [1.165, 1.54) is 6.33 Å². The van der Waals surface area contributed by atoms with Crippen LogP contribution >= 0.6 is 0 Å². The Morgan fingerprint density at radius 1 is 1.31 bits per heavy atom. The van der Waals surface area contributed by atoms with E-state index in [1.807, 2.05) is 18.7 Å². The third-order valence-corrected chi connectivity index (χ3v) is 6.01. The highest BCUT2D eigenvalue weighted by Gasteiger charge is 2.43. The van der Waals surface area contributed by atoms with Gasteiger partial charge in [-0.2, -0.15) is 5.10 Å². The second-order valence-corrected chi connectivity index (χ2v) is 7.60. The monoisotopic (exact) mass is 359 g/mol. The lowest BCUT2D eigenvalue weighted by atomic mass is 9.77. The maximum atomic E-state index is 12.7. The fourth-order valence-electron chi connectivity index (χ4n) is 4.53. The number of nitrogens with zero attached hydrogens (tertiary/aromatic N) is 5. The van der Waals surface area contributed by atoms with Crippen LogP contribution in [0.4, 0.5) is 0 Å². The molecule has 2 fully saturated rings. The number of aryl methyl sites for hydroxylation is 2. The van der Waals surface area contributed by atoms with E-state index in [0.717, 1.165) is 36.5 Å². The Labute approximate surface area is 152 Å². The standard InChI is InChI=1S/C18H25N5O3/c1-11-15(12(2)26-21-11)3-4-18(25)22-7-13-5-16(23-10-19-9-20-23)17(24)6-14(13)8-22/h9-10,13-14,16-17,24H,3-8H2,1-2H3/t13-,14+,16-,17-/m1/s1. The number of hydrogen-bond acceptors (Lipinski definition) is 6. The minimum absolute atomic E-state index is 0.0453. The number of amides is 1. The molecule has 0 radical (unpaired) electrons. The summed E-state index contributed by atoms with van der Waals surface area (Å²) in [5.41, 5.74) is 1.90. The van der Waals surface area contributed by atoms with Crippen LogP contribution in [0.2, 0.25) is 0 Å². The predicted octanol–water partition coefficient (Wildman–Crippen LogP) is 1.29. The van der Waals surface area contributed by atoms with E-state index in [1.54, 1.807) is 11.0 Å². The summed E-state index contributed by atoms with van der Waals surface area (Å²) in [6.07, 6.45) is 5.41. The first kappa shape index (κ1) is 17.2. The van der Waals surface area contributed by atoms with Gasteiger partial charge in [-0.15, -0.1) is 0 Å². The number of aliphatic hydroxyl groups excluding tert-OH is 1. The molecule has 1 saturated heterocycles. The quantitative estimate of drug-likeness (QED) is 0.883. The van der Waals surface area contributed by atoms with Crippen molar-refractivity contribution >= 4 is 5.91 Å². The van der Waals surface area contributed by atoms with Crippen LogP contribution in [0, 0.1) is 25.7 Å². The summed E-state index contributed by atoms with van der Waals surface area (Å²) in [6, 6.07) is -0.0453. The predicted molar refractivity (Wildman–Crippen MR) is 92.2 cm³/mol.